The Morgan fingerprint density at radius 2 is 1.91 bits per heavy atom. The summed E-state index contributed by atoms with van der Waals surface area (Å²) in [5, 5.41) is 11.4. The van der Waals surface area contributed by atoms with Gasteiger partial charge in [0.1, 0.15) is 11.6 Å². The van der Waals surface area contributed by atoms with Crippen molar-refractivity contribution in [2.45, 2.75) is 19.3 Å². The predicted molar refractivity (Wildman–Crippen MR) is 114 cm³/mol. The van der Waals surface area contributed by atoms with Gasteiger partial charge in [-0.1, -0.05) is 6.07 Å². The van der Waals surface area contributed by atoms with E-state index in [2.05, 4.69) is 15.3 Å². The number of nitrogens with one attached hydrogen (secondary N) is 1. The number of carbonyl (C=O) groups excluding carboxylic acids is 1. The number of halogens is 4. The fourth-order valence-corrected chi connectivity index (χ4v) is 4.24. The molecule has 3 N–H and O–H groups in total. The molecule has 0 atom stereocenters. The number of hydrogen-bond donors (Lipinski definition) is 2. The van der Waals surface area contributed by atoms with Crippen molar-refractivity contribution in [3.63, 3.8) is 0 Å². The Labute approximate surface area is 188 Å². The molecule has 1 aliphatic rings. The maximum absolute atomic E-state index is 14.5. The van der Waals surface area contributed by atoms with Crippen LogP contribution in [0.4, 0.5) is 23.4 Å². The van der Waals surface area contributed by atoms with Gasteiger partial charge in [0.15, 0.2) is 0 Å². The minimum absolute atomic E-state index is 0.0656. The highest BCUT2D eigenvalue weighted by molar-refractivity contribution is 6.11. The van der Waals surface area contributed by atoms with E-state index < -0.39 is 34.6 Å². The molecular formula is C22H16F4N6O2. The summed E-state index contributed by atoms with van der Waals surface area (Å²) < 4.78 is 55.4. The number of anilines is 1. The van der Waals surface area contributed by atoms with E-state index in [0.29, 0.717) is 33.7 Å². The van der Waals surface area contributed by atoms with E-state index in [1.165, 1.54) is 15.8 Å². The maximum Gasteiger partial charge on any atom is 0.416 e. The molecule has 1 aliphatic heterocycles. The predicted octanol–water partition coefficient (Wildman–Crippen LogP) is 3.10. The summed E-state index contributed by atoms with van der Waals surface area (Å²) in [5.74, 6) is -1.74. The van der Waals surface area contributed by atoms with Crippen LogP contribution in [0.25, 0.3) is 21.9 Å². The third kappa shape index (κ3) is 3.25. The Balaban J connectivity index is 1.63. The zero-order chi connectivity index (χ0) is 24.4. The normalized spacial score (nSPS) is 13.7. The molecular weight excluding hydrogens is 456 g/mol. The van der Waals surface area contributed by atoms with Crippen LogP contribution in [0.15, 0.2) is 41.3 Å². The second-order valence-corrected chi connectivity index (χ2v) is 7.85. The van der Waals surface area contributed by atoms with E-state index in [1.807, 2.05) is 0 Å². The van der Waals surface area contributed by atoms with Crippen molar-refractivity contribution >= 4 is 22.5 Å². The summed E-state index contributed by atoms with van der Waals surface area (Å²) in [6, 6.07) is 6.02. The first kappa shape index (κ1) is 21.8. The average Bonchev–Trinajstić information content (AvgIpc) is 3.32. The first-order valence-corrected chi connectivity index (χ1v) is 10.1. The van der Waals surface area contributed by atoms with Crippen molar-refractivity contribution in [3.05, 3.63) is 75.1 Å². The standard InChI is InChI=1S/C22H16F4N6O2/c1-31-20(32-9-11-4-12(22(24,25)26)6-16(23)18(11)21(32)34)15(8-28-31)10-2-3-13-14(5-10)17(7-27)29-30-19(13)33/h2-6,8H,7,9,27H2,1H3,(H,30,33). The lowest BCUT2D eigenvalue weighted by Crippen LogP contribution is -2.26. The van der Waals surface area contributed by atoms with Crippen molar-refractivity contribution < 1.29 is 22.4 Å². The van der Waals surface area contributed by atoms with Gasteiger partial charge in [-0.2, -0.15) is 23.4 Å². The van der Waals surface area contributed by atoms with Crippen molar-refractivity contribution in [2.24, 2.45) is 12.8 Å². The summed E-state index contributed by atoms with van der Waals surface area (Å²) in [5.41, 5.74) is 5.20. The molecule has 0 bridgehead atoms. The highest BCUT2D eigenvalue weighted by atomic mass is 19.4. The number of H-pyrrole nitrogens is 1. The molecule has 3 heterocycles. The summed E-state index contributed by atoms with van der Waals surface area (Å²) in [6.07, 6.45) is -3.27. The molecule has 0 spiro atoms. The van der Waals surface area contributed by atoms with Crippen LogP contribution in [0.2, 0.25) is 0 Å². The number of nitrogens with two attached hydrogens (primary N) is 1. The number of aromatic nitrogens is 4. The average molecular weight is 472 g/mol. The van der Waals surface area contributed by atoms with Gasteiger partial charge in [-0.05, 0) is 35.4 Å². The Hall–Kier alpha value is -4.06. The number of alkyl halides is 3. The maximum atomic E-state index is 14.5. The van der Waals surface area contributed by atoms with Crippen LogP contribution in [0.5, 0.6) is 0 Å². The third-order valence-electron chi connectivity index (χ3n) is 5.82. The summed E-state index contributed by atoms with van der Waals surface area (Å²) in [6.45, 7) is -0.193. The zero-order valence-electron chi connectivity index (χ0n) is 17.6. The van der Waals surface area contributed by atoms with Gasteiger partial charge in [-0.25, -0.2) is 9.49 Å². The largest absolute Gasteiger partial charge is 0.416 e. The molecule has 34 heavy (non-hydrogen) atoms. The molecule has 0 aliphatic carbocycles. The van der Waals surface area contributed by atoms with Gasteiger partial charge >= 0.3 is 6.18 Å². The number of aromatic amines is 1. The lowest BCUT2D eigenvalue weighted by atomic mass is 10.0. The molecule has 174 valence electrons. The van der Waals surface area contributed by atoms with Gasteiger partial charge in [0, 0.05) is 24.5 Å². The molecule has 2 aromatic heterocycles. The molecule has 0 radical (unpaired) electrons. The Morgan fingerprint density at radius 3 is 2.62 bits per heavy atom. The molecule has 0 fully saturated rings. The van der Waals surface area contributed by atoms with Gasteiger partial charge < -0.3 is 5.73 Å². The van der Waals surface area contributed by atoms with Crippen LogP contribution in [-0.4, -0.2) is 25.9 Å². The van der Waals surface area contributed by atoms with Crippen molar-refractivity contribution in [1.29, 1.82) is 0 Å². The van der Waals surface area contributed by atoms with Crippen LogP contribution in [0.3, 0.4) is 0 Å². The Bertz CT molecular complexity index is 1540. The van der Waals surface area contributed by atoms with Gasteiger partial charge in [0.25, 0.3) is 11.5 Å². The zero-order valence-corrected chi connectivity index (χ0v) is 17.6. The molecule has 2 aromatic carbocycles. The van der Waals surface area contributed by atoms with E-state index in [4.69, 9.17) is 5.73 Å². The summed E-state index contributed by atoms with van der Waals surface area (Å²) >= 11 is 0. The molecule has 0 saturated heterocycles. The first-order chi connectivity index (χ1) is 16.1. The van der Waals surface area contributed by atoms with Crippen molar-refractivity contribution in [3.8, 4) is 11.1 Å². The minimum Gasteiger partial charge on any atom is -0.325 e. The lowest BCUT2D eigenvalue weighted by Gasteiger charge is -2.18. The minimum atomic E-state index is -4.75. The molecule has 1 amide bonds. The van der Waals surface area contributed by atoms with Gasteiger partial charge in [0.05, 0.1) is 34.9 Å². The number of fused-ring (bicyclic) bond motifs is 2. The van der Waals surface area contributed by atoms with E-state index in [9.17, 15) is 27.2 Å². The summed E-state index contributed by atoms with van der Waals surface area (Å²) in [4.78, 5) is 26.4. The second kappa shape index (κ2) is 7.48. The van der Waals surface area contributed by atoms with E-state index in [-0.39, 0.29) is 24.5 Å². The smallest absolute Gasteiger partial charge is 0.325 e. The van der Waals surface area contributed by atoms with Gasteiger partial charge in [-0.3, -0.25) is 19.2 Å². The van der Waals surface area contributed by atoms with Crippen LogP contribution >= 0.6 is 0 Å². The van der Waals surface area contributed by atoms with Crippen molar-refractivity contribution in [2.75, 3.05) is 4.90 Å². The molecule has 5 rings (SSSR count). The molecule has 0 unspecified atom stereocenters. The van der Waals surface area contributed by atoms with Crippen molar-refractivity contribution in [1.82, 2.24) is 20.0 Å². The fourth-order valence-electron chi connectivity index (χ4n) is 4.24. The fraction of sp³-hybridized carbons (Fsp3) is 0.182. The first-order valence-electron chi connectivity index (χ1n) is 10.1. The third-order valence-corrected chi connectivity index (χ3v) is 5.82. The Morgan fingerprint density at radius 1 is 1.15 bits per heavy atom. The number of carbonyl (C=O) groups is 1. The number of benzene rings is 2. The number of rotatable bonds is 3. The van der Waals surface area contributed by atoms with Crippen LogP contribution in [-0.2, 0) is 26.3 Å². The molecule has 8 nitrogen and oxygen atoms in total. The quantitative estimate of drug-likeness (QED) is 0.446. The van der Waals surface area contributed by atoms with Gasteiger partial charge in [-0.15, -0.1) is 0 Å². The number of nitrogens with zero attached hydrogens (tertiary/aromatic N) is 4. The molecule has 0 saturated carbocycles. The number of hydrogen-bond acceptors (Lipinski definition) is 5. The Kier molecular flexibility index (Phi) is 4.79. The second-order valence-electron chi connectivity index (χ2n) is 7.85. The molecule has 4 aromatic rings. The summed E-state index contributed by atoms with van der Waals surface area (Å²) in [7, 11) is 1.56. The highest BCUT2D eigenvalue weighted by Gasteiger charge is 2.39. The van der Waals surface area contributed by atoms with E-state index in [1.54, 1.807) is 25.2 Å². The van der Waals surface area contributed by atoms with Crippen LogP contribution in [0.1, 0.15) is 27.2 Å². The van der Waals surface area contributed by atoms with Crippen LogP contribution in [0, 0.1) is 5.82 Å². The SMILES string of the molecule is Cn1ncc(-c2ccc3c(=O)[nH]nc(CN)c3c2)c1N1Cc2cc(C(F)(F)F)cc(F)c2C1=O. The lowest BCUT2D eigenvalue weighted by molar-refractivity contribution is -0.137. The highest BCUT2D eigenvalue weighted by Crippen LogP contribution is 2.39. The van der Waals surface area contributed by atoms with Crippen LogP contribution < -0.4 is 16.2 Å². The topological polar surface area (TPSA) is 110 Å². The van der Waals surface area contributed by atoms with E-state index in [0.717, 1.165) is 6.07 Å². The van der Waals surface area contributed by atoms with E-state index >= 15 is 0 Å². The number of aryl methyl sites for hydroxylation is 1. The monoisotopic (exact) mass is 472 g/mol. The molecule has 12 heteroatoms. The van der Waals surface area contributed by atoms with Gasteiger partial charge in [0.2, 0.25) is 0 Å². The number of amides is 1.